The highest BCUT2D eigenvalue weighted by molar-refractivity contribution is 6.02. The monoisotopic (exact) mass is 588 g/mol. The predicted molar refractivity (Wildman–Crippen MR) is 165 cm³/mol. The molecule has 1 aromatic carbocycles. The number of allylic oxidation sites excluding steroid dienone is 4. The Morgan fingerprint density at radius 1 is 0.814 bits per heavy atom. The van der Waals surface area contributed by atoms with Gasteiger partial charge in [-0.05, 0) is 116 Å². The number of aromatic carboxylic acids is 1. The number of hydrogen-bond donors (Lipinski definition) is 2. The summed E-state index contributed by atoms with van der Waals surface area (Å²) in [5, 5.41) is 19.7. The normalized spacial score (nSPS) is 41.3. The van der Waals surface area contributed by atoms with Crippen LogP contribution in [0.2, 0.25) is 0 Å². The van der Waals surface area contributed by atoms with E-state index in [1.165, 1.54) is 23.3 Å². The number of benzene rings is 1. The van der Waals surface area contributed by atoms with Gasteiger partial charge in [0.05, 0.1) is 16.5 Å². The third-order valence-electron chi connectivity index (χ3n) is 13.5. The van der Waals surface area contributed by atoms with Crippen molar-refractivity contribution in [3.8, 4) is 0 Å². The van der Waals surface area contributed by atoms with E-state index in [1.54, 1.807) is 12.1 Å². The lowest BCUT2D eigenvalue weighted by molar-refractivity contribution is -0.170. The van der Waals surface area contributed by atoms with Crippen molar-refractivity contribution in [2.24, 2.45) is 44.8 Å². The summed E-state index contributed by atoms with van der Waals surface area (Å²) >= 11 is 0. The number of carbonyl (C=O) groups is 3. The molecule has 3 fully saturated rings. The van der Waals surface area contributed by atoms with Gasteiger partial charge in [-0.3, -0.25) is 4.79 Å². The van der Waals surface area contributed by atoms with Crippen LogP contribution in [0.15, 0.2) is 47.6 Å². The minimum absolute atomic E-state index is 0.0260. The topological polar surface area (TPSA) is 101 Å². The van der Waals surface area contributed by atoms with Crippen molar-refractivity contribution in [1.29, 1.82) is 0 Å². The fourth-order valence-corrected chi connectivity index (χ4v) is 10.8. The molecule has 0 spiro atoms. The third-order valence-corrected chi connectivity index (χ3v) is 13.5. The quantitative estimate of drug-likeness (QED) is 0.343. The van der Waals surface area contributed by atoms with Gasteiger partial charge in [-0.15, -0.1) is 0 Å². The maximum Gasteiger partial charge on any atom is 0.339 e. The molecule has 5 aliphatic rings. The molecule has 8 atom stereocenters. The second-order valence-corrected chi connectivity index (χ2v) is 16.2. The molecular weight excluding hydrogens is 540 g/mol. The van der Waals surface area contributed by atoms with E-state index in [-0.39, 0.29) is 38.9 Å². The first kappa shape index (κ1) is 30.1. The van der Waals surface area contributed by atoms with E-state index in [9.17, 15) is 24.6 Å². The first-order chi connectivity index (χ1) is 20.1. The number of carboxylic acid groups (broad SMARTS) is 2. The van der Waals surface area contributed by atoms with Gasteiger partial charge in [-0.1, -0.05) is 64.5 Å². The predicted octanol–water partition coefficient (Wildman–Crippen LogP) is 8.33. The summed E-state index contributed by atoms with van der Waals surface area (Å²) in [4.78, 5) is 37.3. The van der Waals surface area contributed by atoms with Gasteiger partial charge in [0.15, 0.2) is 0 Å². The average Bonchev–Trinajstić information content (AvgIpc) is 2.94. The standard InChI is InChI=1S/C37H48O6/c1-33(2)27-14-17-36(5)25-13-16-34(3)19-20-35(4,32(41)42)21-26(34)24(25)11-12-28(36)37(27,6)18-15-29(33)43-31(40)23-10-8-7-9-22(23)30(38)39/h7-12,25,27-29H,13-21H2,1-6H3,(H,38,39)(H,41,42)/t25?,27?,28?,29-,34?,35?,36-,37-/m0/s1. The Bertz CT molecular complexity index is 1440. The number of carbonyl (C=O) groups excluding carboxylic acids is 1. The smallest absolute Gasteiger partial charge is 0.339 e. The summed E-state index contributed by atoms with van der Waals surface area (Å²) in [7, 11) is 0. The summed E-state index contributed by atoms with van der Waals surface area (Å²) < 4.78 is 6.16. The highest BCUT2D eigenvalue weighted by Gasteiger charge is 2.64. The van der Waals surface area contributed by atoms with Gasteiger partial charge < -0.3 is 14.9 Å². The molecule has 1 aromatic rings. The number of fused-ring (bicyclic) bond motifs is 6. The van der Waals surface area contributed by atoms with Crippen LogP contribution in [0.4, 0.5) is 0 Å². The van der Waals surface area contributed by atoms with Crippen LogP contribution in [0.3, 0.4) is 0 Å². The van der Waals surface area contributed by atoms with Crippen LogP contribution in [-0.4, -0.2) is 34.2 Å². The fraction of sp³-hybridized carbons (Fsp3) is 0.649. The van der Waals surface area contributed by atoms with Crippen LogP contribution in [0.5, 0.6) is 0 Å². The van der Waals surface area contributed by atoms with Gasteiger partial charge >= 0.3 is 17.9 Å². The summed E-state index contributed by atoms with van der Waals surface area (Å²) in [5.41, 5.74) is 2.18. The lowest BCUT2D eigenvalue weighted by Gasteiger charge is -2.66. The Balaban J connectivity index is 1.31. The summed E-state index contributed by atoms with van der Waals surface area (Å²) in [6, 6.07) is 6.29. The van der Waals surface area contributed by atoms with Crippen LogP contribution >= 0.6 is 0 Å². The number of carboxylic acids is 2. The SMILES string of the molecule is CC1(C(=O)O)CCC2(C)CCC3C(=C2C1)C=CC1[C@@]3(C)CCC2C(C)(C)[C@@H](OC(=O)c3ccccc3C(=O)O)CC[C@@]21C. The van der Waals surface area contributed by atoms with Gasteiger partial charge in [-0.2, -0.15) is 0 Å². The number of hydrogen-bond acceptors (Lipinski definition) is 4. The highest BCUT2D eigenvalue weighted by atomic mass is 16.5. The molecule has 6 rings (SSSR count). The zero-order valence-corrected chi connectivity index (χ0v) is 26.7. The van der Waals surface area contributed by atoms with Crippen molar-refractivity contribution in [3.63, 3.8) is 0 Å². The average molecular weight is 589 g/mol. The molecule has 6 heteroatoms. The number of ether oxygens (including phenoxy) is 1. The molecule has 5 unspecified atom stereocenters. The molecule has 232 valence electrons. The van der Waals surface area contributed by atoms with Crippen molar-refractivity contribution in [3.05, 3.63) is 58.7 Å². The molecule has 0 bridgehead atoms. The van der Waals surface area contributed by atoms with Crippen molar-refractivity contribution < 1.29 is 29.3 Å². The molecular formula is C37H48O6. The number of esters is 1. The first-order valence-corrected chi connectivity index (χ1v) is 16.3. The Morgan fingerprint density at radius 2 is 1.49 bits per heavy atom. The highest BCUT2D eigenvalue weighted by Crippen LogP contribution is 2.70. The third kappa shape index (κ3) is 4.36. The van der Waals surface area contributed by atoms with E-state index in [2.05, 4.69) is 46.8 Å². The Hall–Kier alpha value is -2.89. The van der Waals surface area contributed by atoms with Gasteiger partial charge in [0, 0.05) is 5.41 Å². The second kappa shape index (κ2) is 9.81. The summed E-state index contributed by atoms with van der Waals surface area (Å²) in [6.45, 7) is 13.7. The molecule has 3 saturated carbocycles. The maximum atomic E-state index is 13.3. The molecule has 2 N–H and O–H groups in total. The zero-order chi connectivity index (χ0) is 31.2. The molecule has 0 amide bonds. The van der Waals surface area contributed by atoms with Crippen molar-refractivity contribution in [2.75, 3.05) is 0 Å². The Kier molecular flexibility index (Phi) is 6.88. The number of rotatable bonds is 4. The van der Waals surface area contributed by atoms with Crippen molar-refractivity contribution in [1.82, 2.24) is 0 Å². The van der Waals surface area contributed by atoms with E-state index in [0.717, 1.165) is 51.4 Å². The van der Waals surface area contributed by atoms with Crippen LogP contribution in [0.25, 0.3) is 0 Å². The van der Waals surface area contributed by atoms with Crippen LogP contribution < -0.4 is 0 Å². The minimum Gasteiger partial charge on any atom is -0.481 e. The first-order valence-electron chi connectivity index (χ1n) is 16.3. The summed E-state index contributed by atoms with van der Waals surface area (Å²) in [5.74, 6) is -1.19. The van der Waals surface area contributed by atoms with Crippen LogP contribution in [0.1, 0.15) is 120 Å². The van der Waals surface area contributed by atoms with Crippen molar-refractivity contribution >= 4 is 17.9 Å². The number of aliphatic carboxylic acids is 1. The van der Waals surface area contributed by atoms with Crippen molar-refractivity contribution in [2.45, 2.75) is 105 Å². The maximum absolute atomic E-state index is 13.3. The lowest BCUT2D eigenvalue weighted by atomic mass is 9.38. The van der Waals surface area contributed by atoms with Gasteiger partial charge in [-0.25, -0.2) is 9.59 Å². The molecule has 43 heavy (non-hydrogen) atoms. The molecule has 0 aromatic heterocycles. The van der Waals surface area contributed by atoms with E-state index < -0.39 is 23.3 Å². The largest absolute Gasteiger partial charge is 0.481 e. The molecule has 0 aliphatic heterocycles. The minimum atomic E-state index is -1.13. The van der Waals surface area contributed by atoms with E-state index in [0.29, 0.717) is 24.2 Å². The molecule has 5 aliphatic carbocycles. The molecule has 0 saturated heterocycles. The lowest BCUT2D eigenvalue weighted by Crippen LogP contribution is -2.61. The van der Waals surface area contributed by atoms with E-state index in [4.69, 9.17) is 4.74 Å². The zero-order valence-electron chi connectivity index (χ0n) is 26.7. The molecule has 0 radical (unpaired) electrons. The van der Waals surface area contributed by atoms with Gasteiger partial charge in [0.1, 0.15) is 6.10 Å². The van der Waals surface area contributed by atoms with E-state index >= 15 is 0 Å². The Labute approximate surface area is 256 Å². The van der Waals surface area contributed by atoms with Crippen LogP contribution in [0, 0.1) is 44.8 Å². The second-order valence-electron chi connectivity index (χ2n) is 16.2. The molecule has 6 nitrogen and oxygen atoms in total. The van der Waals surface area contributed by atoms with E-state index in [1.807, 2.05) is 6.92 Å². The Morgan fingerprint density at radius 3 is 2.16 bits per heavy atom. The van der Waals surface area contributed by atoms with Crippen LogP contribution in [-0.2, 0) is 9.53 Å². The van der Waals surface area contributed by atoms with Gasteiger partial charge in [0.25, 0.3) is 0 Å². The van der Waals surface area contributed by atoms with Gasteiger partial charge in [0.2, 0.25) is 0 Å². The fourth-order valence-electron chi connectivity index (χ4n) is 10.8. The molecule has 0 heterocycles. The summed E-state index contributed by atoms with van der Waals surface area (Å²) in [6.07, 6.45) is 13.0.